The van der Waals surface area contributed by atoms with E-state index in [9.17, 15) is 8.42 Å². The third-order valence-corrected chi connectivity index (χ3v) is 4.49. The van der Waals surface area contributed by atoms with Crippen molar-refractivity contribution >= 4 is 9.84 Å². The van der Waals surface area contributed by atoms with E-state index < -0.39 is 9.84 Å². The summed E-state index contributed by atoms with van der Waals surface area (Å²) in [6, 6.07) is 2.17. The van der Waals surface area contributed by atoms with Crippen LogP contribution in [0, 0.1) is 18.3 Å². The van der Waals surface area contributed by atoms with E-state index in [4.69, 9.17) is 9.68 Å². The average molecular weight is 239 g/mol. The molecule has 0 N–H and O–H groups in total. The Balaban J connectivity index is 2.53. The molecule has 0 spiro atoms. The molecule has 0 fully saturated rings. The van der Waals surface area contributed by atoms with Gasteiger partial charge in [0.15, 0.2) is 9.84 Å². The van der Waals surface area contributed by atoms with Crippen molar-refractivity contribution in [1.29, 1.82) is 5.26 Å². The molecule has 0 bridgehead atoms. The normalized spacial score (nSPS) is 19.8. The number of furan rings is 1. The fourth-order valence-corrected chi connectivity index (χ4v) is 3.51. The number of sulfone groups is 1. The van der Waals surface area contributed by atoms with Gasteiger partial charge < -0.3 is 4.42 Å². The van der Waals surface area contributed by atoms with E-state index in [0.717, 1.165) is 11.1 Å². The minimum Gasteiger partial charge on any atom is -0.465 e. The maximum Gasteiger partial charge on any atom is 0.157 e. The van der Waals surface area contributed by atoms with Gasteiger partial charge in [0.1, 0.15) is 17.3 Å². The zero-order valence-electron chi connectivity index (χ0n) is 9.28. The molecule has 2 heterocycles. The molecule has 16 heavy (non-hydrogen) atoms. The number of nitrogens with zero attached hydrogens (tertiary/aromatic N) is 1. The molecular formula is C11H13NO3S. The number of rotatable bonds is 1. The molecule has 1 unspecified atom stereocenters. The highest BCUT2D eigenvalue weighted by molar-refractivity contribution is 7.90. The van der Waals surface area contributed by atoms with Crippen molar-refractivity contribution in [2.75, 3.05) is 5.75 Å². The molecular weight excluding hydrogens is 226 g/mol. The van der Waals surface area contributed by atoms with Gasteiger partial charge in [0, 0.05) is 11.1 Å². The van der Waals surface area contributed by atoms with Crippen molar-refractivity contribution < 1.29 is 12.8 Å². The van der Waals surface area contributed by atoms with Crippen molar-refractivity contribution in [3.63, 3.8) is 0 Å². The lowest BCUT2D eigenvalue weighted by Crippen LogP contribution is -2.18. The van der Waals surface area contributed by atoms with Crippen LogP contribution in [0.15, 0.2) is 4.42 Å². The van der Waals surface area contributed by atoms with Gasteiger partial charge in [0.05, 0.1) is 17.7 Å². The fourth-order valence-electron chi connectivity index (χ4n) is 2.21. The van der Waals surface area contributed by atoms with E-state index in [2.05, 4.69) is 6.07 Å². The molecule has 0 radical (unpaired) electrons. The molecule has 1 aliphatic heterocycles. The van der Waals surface area contributed by atoms with Gasteiger partial charge in [-0.15, -0.1) is 0 Å². The summed E-state index contributed by atoms with van der Waals surface area (Å²) in [5.74, 6) is 1.09. The number of nitriles is 1. The van der Waals surface area contributed by atoms with Crippen LogP contribution in [0.3, 0.4) is 0 Å². The lowest BCUT2D eigenvalue weighted by atomic mass is 9.96. The first-order valence-corrected chi connectivity index (χ1v) is 6.98. The summed E-state index contributed by atoms with van der Waals surface area (Å²) < 4.78 is 28.4. The summed E-state index contributed by atoms with van der Waals surface area (Å²) in [7, 11) is -3.01. The molecule has 2 rings (SSSR count). The van der Waals surface area contributed by atoms with Crippen molar-refractivity contribution in [1.82, 2.24) is 0 Å². The van der Waals surface area contributed by atoms with Crippen molar-refractivity contribution in [3.8, 4) is 6.07 Å². The monoisotopic (exact) mass is 239 g/mol. The third-order valence-electron chi connectivity index (χ3n) is 2.96. The Morgan fingerprint density at radius 1 is 1.50 bits per heavy atom. The number of hydrogen-bond donors (Lipinski definition) is 0. The van der Waals surface area contributed by atoms with Crippen LogP contribution in [0.1, 0.15) is 35.5 Å². The molecule has 86 valence electrons. The van der Waals surface area contributed by atoms with E-state index in [1.165, 1.54) is 0 Å². The van der Waals surface area contributed by atoms with Crippen LogP contribution in [0.2, 0.25) is 0 Å². The number of fused-ring (bicyclic) bond motifs is 1. The van der Waals surface area contributed by atoms with Crippen LogP contribution in [0.25, 0.3) is 0 Å². The van der Waals surface area contributed by atoms with Crippen molar-refractivity contribution in [2.45, 2.75) is 31.9 Å². The van der Waals surface area contributed by atoms with Crippen molar-refractivity contribution in [2.24, 2.45) is 0 Å². The Morgan fingerprint density at radius 2 is 2.19 bits per heavy atom. The summed E-state index contributed by atoms with van der Waals surface area (Å²) in [5.41, 5.74) is 1.81. The minimum absolute atomic E-state index is 0.0265. The van der Waals surface area contributed by atoms with Gasteiger partial charge in [-0.1, -0.05) is 0 Å². The molecule has 1 aromatic heterocycles. The van der Waals surface area contributed by atoms with Crippen LogP contribution >= 0.6 is 0 Å². The number of aryl methyl sites for hydroxylation is 1. The second-order valence-electron chi connectivity index (χ2n) is 4.17. The van der Waals surface area contributed by atoms with E-state index in [1.807, 2.05) is 0 Å². The maximum absolute atomic E-state index is 11.4. The Labute approximate surface area is 94.8 Å². The summed E-state index contributed by atoms with van der Waals surface area (Å²) in [4.78, 5) is 0. The van der Waals surface area contributed by atoms with Gasteiger partial charge in [-0.2, -0.15) is 5.26 Å². The van der Waals surface area contributed by atoms with Crippen LogP contribution < -0.4 is 0 Å². The Bertz CT molecular complexity index is 563. The quantitative estimate of drug-likeness (QED) is 0.747. The molecule has 0 aromatic carbocycles. The van der Waals surface area contributed by atoms with Gasteiger partial charge in [0.2, 0.25) is 0 Å². The summed E-state index contributed by atoms with van der Waals surface area (Å²) >= 11 is 0. The first-order valence-electron chi connectivity index (χ1n) is 5.15. The zero-order valence-corrected chi connectivity index (χ0v) is 10.1. The highest BCUT2D eigenvalue weighted by Crippen LogP contribution is 2.33. The Hall–Kier alpha value is -1.28. The molecule has 1 atom stereocenters. The Morgan fingerprint density at radius 3 is 2.81 bits per heavy atom. The molecule has 4 nitrogen and oxygen atoms in total. The van der Waals surface area contributed by atoms with Crippen LogP contribution in [0.5, 0.6) is 0 Å². The molecule has 0 saturated carbocycles. The highest BCUT2D eigenvalue weighted by Gasteiger charge is 2.30. The standard InChI is InChI=1S/C11H13NO3S/c1-7(5-12)11-8(2)15-10-6-16(13,14)4-3-9(10)11/h7H,3-4,6H2,1-2H3. The van der Waals surface area contributed by atoms with E-state index in [0.29, 0.717) is 17.9 Å². The van der Waals surface area contributed by atoms with Gasteiger partial charge in [-0.3, -0.25) is 0 Å². The largest absolute Gasteiger partial charge is 0.465 e. The lowest BCUT2D eigenvalue weighted by molar-refractivity contribution is 0.486. The van der Waals surface area contributed by atoms with E-state index in [-0.39, 0.29) is 17.4 Å². The van der Waals surface area contributed by atoms with Crippen molar-refractivity contribution in [3.05, 3.63) is 22.6 Å². The minimum atomic E-state index is -3.01. The molecule has 1 aliphatic rings. The molecule has 0 saturated heterocycles. The van der Waals surface area contributed by atoms with Crippen LogP contribution in [-0.2, 0) is 22.0 Å². The van der Waals surface area contributed by atoms with Gasteiger partial charge in [0.25, 0.3) is 0 Å². The third kappa shape index (κ3) is 1.74. The molecule has 5 heteroatoms. The Kier molecular flexibility index (Phi) is 2.55. The van der Waals surface area contributed by atoms with E-state index >= 15 is 0 Å². The summed E-state index contributed by atoms with van der Waals surface area (Å²) in [5, 5.41) is 8.93. The SMILES string of the molecule is Cc1oc2c(c1C(C)C#N)CCS(=O)(=O)C2. The second kappa shape index (κ2) is 3.63. The van der Waals surface area contributed by atoms with Gasteiger partial charge in [-0.25, -0.2) is 8.42 Å². The predicted molar refractivity (Wildman–Crippen MR) is 58.7 cm³/mol. The lowest BCUT2D eigenvalue weighted by Gasteiger charge is -2.12. The predicted octanol–water partition coefficient (Wildman–Crippen LogP) is 1.69. The number of hydrogen-bond acceptors (Lipinski definition) is 4. The summed E-state index contributed by atoms with van der Waals surface area (Å²) in [6.45, 7) is 3.59. The topological polar surface area (TPSA) is 71.1 Å². The molecule has 1 aromatic rings. The first-order chi connectivity index (χ1) is 7.44. The molecule has 0 amide bonds. The maximum atomic E-state index is 11.4. The molecule has 0 aliphatic carbocycles. The van der Waals surface area contributed by atoms with Gasteiger partial charge >= 0.3 is 0 Å². The first kappa shape index (κ1) is 11.2. The van der Waals surface area contributed by atoms with Crippen LogP contribution in [-0.4, -0.2) is 14.2 Å². The average Bonchev–Trinajstić information content (AvgIpc) is 2.50. The van der Waals surface area contributed by atoms with Crippen LogP contribution in [0.4, 0.5) is 0 Å². The van der Waals surface area contributed by atoms with E-state index in [1.54, 1.807) is 13.8 Å². The highest BCUT2D eigenvalue weighted by atomic mass is 32.2. The second-order valence-corrected chi connectivity index (χ2v) is 6.35. The fraction of sp³-hybridized carbons (Fsp3) is 0.545. The smallest absolute Gasteiger partial charge is 0.157 e. The van der Waals surface area contributed by atoms with Gasteiger partial charge in [-0.05, 0) is 20.3 Å². The zero-order chi connectivity index (χ0) is 11.9. The summed E-state index contributed by atoms with van der Waals surface area (Å²) in [6.07, 6.45) is 0.469.